The molecule has 1 unspecified atom stereocenters. The Labute approximate surface area is 120 Å². The van der Waals surface area contributed by atoms with Crippen LogP contribution in [0.1, 0.15) is 25.3 Å². The minimum atomic E-state index is 0.592. The molecule has 0 saturated carbocycles. The fourth-order valence-electron chi connectivity index (χ4n) is 2.53. The number of likely N-dealkylation sites (N-methyl/N-ethyl adjacent to an activating group) is 1. The summed E-state index contributed by atoms with van der Waals surface area (Å²) in [5, 5.41) is 12.8. The van der Waals surface area contributed by atoms with Crippen molar-refractivity contribution in [3.05, 3.63) is 23.8 Å². The molecular weight excluding hydrogens is 254 g/mol. The summed E-state index contributed by atoms with van der Waals surface area (Å²) in [6.07, 6.45) is 2.52. The Bertz CT molecular complexity index is 467. The smallest absolute Gasteiger partial charge is 0.102 e. The van der Waals surface area contributed by atoms with E-state index in [9.17, 15) is 5.26 Å². The van der Waals surface area contributed by atoms with Crippen LogP contribution in [0.15, 0.2) is 23.1 Å². The summed E-state index contributed by atoms with van der Waals surface area (Å²) in [5.41, 5.74) is 1.76. The number of hydrogen-bond donors (Lipinski definition) is 1. The van der Waals surface area contributed by atoms with Crippen molar-refractivity contribution in [2.24, 2.45) is 0 Å². The molecule has 0 amide bonds. The molecule has 0 aliphatic carbocycles. The number of nitrogens with one attached hydrogen (secondary N) is 1. The lowest BCUT2D eigenvalue weighted by Gasteiger charge is -2.21. The fraction of sp³-hybridized carbons (Fsp3) is 0.533. The van der Waals surface area contributed by atoms with Gasteiger partial charge in [0.05, 0.1) is 11.3 Å². The van der Waals surface area contributed by atoms with Crippen molar-refractivity contribution in [3.63, 3.8) is 0 Å². The minimum Gasteiger partial charge on any atom is -0.382 e. The first-order valence-corrected chi connectivity index (χ1v) is 7.84. The van der Waals surface area contributed by atoms with Gasteiger partial charge in [-0.3, -0.25) is 0 Å². The highest BCUT2D eigenvalue weighted by atomic mass is 32.2. The zero-order valence-electron chi connectivity index (χ0n) is 11.6. The van der Waals surface area contributed by atoms with Gasteiger partial charge in [0, 0.05) is 17.5 Å². The maximum absolute atomic E-state index is 9.36. The highest BCUT2D eigenvalue weighted by molar-refractivity contribution is 7.99. The van der Waals surface area contributed by atoms with Crippen molar-refractivity contribution in [3.8, 4) is 6.07 Å². The van der Waals surface area contributed by atoms with E-state index >= 15 is 0 Å². The van der Waals surface area contributed by atoms with Gasteiger partial charge in [0.2, 0.25) is 0 Å². The van der Waals surface area contributed by atoms with Crippen LogP contribution in [-0.4, -0.2) is 36.8 Å². The molecule has 1 saturated heterocycles. The summed E-state index contributed by atoms with van der Waals surface area (Å²) in [6, 6.07) is 8.99. The summed E-state index contributed by atoms with van der Waals surface area (Å²) in [7, 11) is 2.17. The van der Waals surface area contributed by atoms with Gasteiger partial charge in [-0.15, -0.1) is 11.8 Å². The molecule has 1 fully saturated rings. The van der Waals surface area contributed by atoms with Crippen molar-refractivity contribution >= 4 is 17.4 Å². The average Bonchev–Trinajstić information content (AvgIpc) is 2.82. The van der Waals surface area contributed by atoms with Crippen molar-refractivity contribution < 1.29 is 0 Å². The second-order valence-electron chi connectivity index (χ2n) is 4.88. The van der Waals surface area contributed by atoms with Gasteiger partial charge in [-0.25, -0.2) is 0 Å². The molecule has 1 aromatic rings. The van der Waals surface area contributed by atoms with Crippen LogP contribution in [0.5, 0.6) is 0 Å². The molecule has 1 N–H and O–H groups in total. The molecule has 1 atom stereocenters. The molecule has 3 nitrogen and oxygen atoms in total. The topological polar surface area (TPSA) is 39.1 Å². The van der Waals surface area contributed by atoms with Crippen molar-refractivity contribution in [2.75, 3.05) is 31.2 Å². The minimum absolute atomic E-state index is 0.592. The van der Waals surface area contributed by atoms with Gasteiger partial charge in [0.25, 0.3) is 0 Å². The fourth-order valence-corrected chi connectivity index (χ4v) is 3.32. The number of nitrogens with zero attached hydrogens (tertiary/aromatic N) is 2. The predicted molar refractivity (Wildman–Crippen MR) is 81.7 cm³/mol. The van der Waals surface area contributed by atoms with E-state index in [4.69, 9.17) is 0 Å². The quantitative estimate of drug-likeness (QED) is 0.838. The van der Waals surface area contributed by atoms with E-state index in [2.05, 4.69) is 30.3 Å². The summed E-state index contributed by atoms with van der Waals surface area (Å²) >= 11 is 1.73. The van der Waals surface area contributed by atoms with E-state index in [1.54, 1.807) is 11.8 Å². The number of hydrogen-bond acceptors (Lipinski definition) is 4. The van der Waals surface area contributed by atoms with Crippen LogP contribution in [0.4, 0.5) is 5.69 Å². The van der Waals surface area contributed by atoms with Gasteiger partial charge in [-0.1, -0.05) is 13.0 Å². The van der Waals surface area contributed by atoms with Crippen LogP contribution < -0.4 is 5.32 Å². The van der Waals surface area contributed by atoms with Crippen LogP contribution in [0, 0.1) is 11.3 Å². The Kier molecular flexibility index (Phi) is 5.12. The predicted octanol–water partition coefficient (Wildman–Crippen LogP) is 3.18. The first-order valence-electron chi connectivity index (χ1n) is 6.86. The highest BCUT2D eigenvalue weighted by Gasteiger charge is 2.20. The highest BCUT2D eigenvalue weighted by Crippen LogP contribution is 2.28. The SMILES string of the molecule is CCSc1cccc(NCC2CCCN2C)c1C#N. The summed E-state index contributed by atoms with van der Waals surface area (Å²) in [6.45, 7) is 4.22. The van der Waals surface area contributed by atoms with Gasteiger partial charge >= 0.3 is 0 Å². The van der Waals surface area contributed by atoms with Crippen molar-refractivity contribution in [1.82, 2.24) is 4.90 Å². The molecule has 0 aromatic heterocycles. The summed E-state index contributed by atoms with van der Waals surface area (Å²) in [4.78, 5) is 3.47. The number of rotatable bonds is 5. The normalized spacial score (nSPS) is 19.3. The average molecular weight is 275 g/mol. The van der Waals surface area contributed by atoms with Gasteiger partial charge < -0.3 is 10.2 Å². The standard InChI is InChI=1S/C15H21N3S/c1-3-19-15-8-4-7-14(13(15)10-16)17-11-12-6-5-9-18(12)2/h4,7-8,12,17H,3,5-6,9,11H2,1-2H3. The maximum atomic E-state index is 9.36. The van der Waals surface area contributed by atoms with E-state index in [1.807, 2.05) is 18.2 Å². The number of nitriles is 1. The van der Waals surface area contributed by atoms with Crippen LogP contribution in [0.2, 0.25) is 0 Å². The van der Waals surface area contributed by atoms with Crippen LogP contribution in [-0.2, 0) is 0 Å². The molecule has 19 heavy (non-hydrogen) atoms. The van der Waals surface area contributed by atoms with Gasteiger partial charge in [0.15, 0.2) is 0 Å². The van der Waals surface area contributed by atoms with Crippen LogP contribution >= 0.6 is 11.8 Å². The second-order valence-corrected chi connectivity index (χ2v) is 6.19. The summed E-state index contributed by atoms with van der Waals surface area (Å²) < 4.78 is 0. The molecule has 1 heterocycles. The first-order chi connectivity index (χ1) is 9.26. The second kappa shape index (κ2) is 6.83. The lowest BCUT2D eigenvalue weighted by Crippen LogP contribution is -2.31. The van der Waals surface area contributed by atoms with E-state index in [-0.39, 0.29) is 0 Å². The Morgan fingerprint density at radius 1 is 1.53 bits per heavy atom. The Hall–Kier alpha value is -1.18. The molecule has 0 spiro atoms. The molecule has 1 aliphatic heterocycles. The van der Waals surface area contributed by atoms with Gasteiger partial charge in [-0.2, -0.15) is 5.26 Å². The first kappa shape index (κ1) is 14.2. The van der Waals surface area contributed by atoms with Crippen molar-refractivity contribution in [2.45, 2.75) is 30.7 Å². The molecule has 1 aromatic carbocycles. The molecule has 1 aliphatic rings. The van der Waals surface area contributed by atoms with Gasteiger partial charge in [-0.05, 0) is 44.3 Å². The molecular formula is C15H21N3S. The molecule has 0 bridgehead atoms. The Morgan fingerprint density at radius 2 is 2.37 bits per heavy atom. The third-order valence-electron chi connectivity index (χ3n) is 3.64. The lowest BCUT2D eigenvalue weighted by molar-refractivity contribution is 0.322. The molecule has 4 heteroatoms. The number of likely N-dealkylation sites (tertiary alicyclic amines) is 1. The zero-order chi connectivity index (χ0) is 13.7. The monoisotopic (exact) mass is 275 g/mol. The Morgan fingerprint density at radius 3 is 3.00 bits per heavy atom. The molecule has 102 valence electrons. The zero-order valence-corrected chi connectivity index (χ0v) is 12.5. The van der Waals surface area contributed by atoms with Crippen molar-refractivity contribution in [1.29, 1.82) is 5.26 Å². The van der Waals surface area contributed by atoms with E-state index < -0.39 is 0 Å². The van der Waals surface area contributed by atoms with E-state index in [0.29, 0.717) is 6.04 Å². The Balaban J connectivity index is 2.07. The number of thioether (sulfide) groups is 1. The number of benzene rings is 1. The van der Waals surface area contributed by atoms with E-state index in [1.165, 1.54) is 19.4 Å². The van der Waals surface area contributed by atoms with Crippen LogP contribution in [0.3, 0.4) is 0 Å². The third kappa shape index (κ3) is 3.43. The summed E-state index contributed by atoms with van der Waals surface area (Å²) in [5.74, 6) is 0.990. The molecule has 2 rings (SSSR count). The van der Waals surface area contributed by atoms with Crippen LogP contribution in [0.25, 0.3) is 0 Å². The third-order valence-corrected chi connectivity index (χ3v) is 4.58. The van der Waals surface area contributed by atoms with E-state index in [0.717, 1.165) is 28.4 Å². The van der Waals surface area contributed by atoms with Gasteiger partial charge in [0.1, 0.15) is 6.07 Å². The number of anilines is 1. The maximum Gasteiger partial charge on any atom is 0.102 e. The molecule has 0 radical (unpaired) electrons. The lowest BCUT2D eigenvalue weighted by atomic mass is 10.1. The largest absolute Gasteiger partial charge is 0.382 e.